The first kappa shape index (κ1) is 17.4. The zero-order valence-corrected chi connectivity index (χ0v) is 12.3. The van der Waals surface area contributed by atoms with E-state index >= 15 is 0 Å². The lowest BCUT2D eigenvalue weighted by Crippen LogP contribution is -2.29. The Morgan fingerprint density at radius 3 is 2.04 bits per heavy atom. The largest absolute Gasteiger partial charge is 0.361 e. The summed E-state index contributed by atoms with van der Waals surface area (Å²) in [5, 5.41) is 3.65. The maximum absolute atomic E-state index is 13.4. The zero-order valence-electron chi connectivity index (χ0n) is 12.3. The molecule has 0 aliphatic carbocycles. The molecule has 1 amide bonds. The number of halogens is 5. The number of nitrogens with zero attached hydrogens (tertiary/aromatic N) is 1. The van der Waals surface area contributed by atoms with Crippen molar-refractivity contribution in [2.75, 3.05) is 5.43 Å². The molecule has 10 heteroatoms. The first-order valence-electron chi connectivity index (χ1n) is 6.42. The molecule has 24 heavy (non-hydrogen) atoms. The number of hydrazine groups is 1. The average molecular weight is 347 g/mol. The van der Waals surface area contributed by atoms with Gasteiger partial charge in [0.25, 0.3) is 5.91 Å². The second kappa shape index (κ2) is 6.69. The van der Waals surface area contributed by atoms with Crippen molar-refractivity contribution in [3.8, 4) is 0 Å². The predicted molar refractivity (Wildman–Crippen MR) is 73.0 cm³/mol. The number of benzene rings is 1. The van der Waals surface area contributed by atoms with Crippen LogP contribution in [0.5, 0.6) is 0 Å². The van der Waals surface area contributed by atoms with Gasteiger partial charge in [-0.25, -0.2) is 22.0 Å². The van der Waals surface area contributed by atoms with Crippen molar-refractivity contribution >= 4 is 17.7 Å². The summed E-state index contributed by atoms with van der Waals surface area (Å²) in [4.78, 5) is 11.6. The van der Waals surface area contributed by atoms with Crippen molar-refractivity contribution in [2.45, 2.75) is 13.8 Å². The van der Waals surface area contributed by atoms with Gasteiger partial charge >= 0.3 is 0 Å². The van der Waals surface area contributed by atoms with Crippen LogP contribution in [0, 0.1) is 42.9 Å². The van der Waals surface area contributed by atoms with Gasteiger partial charge < -0.3 is 4.52 Å². The van der Waals surface area contributed by atoms with E-state index in [1.54, 1.807) is 24.7 Å². The van der Waals surface area contributed by atoms with Gasteiger partial charge in [-0.05, 0) is 19.9 Å². The monoisotopic (exact) mass is 347 g/mol. The molecule has 2 rings (SSSR count). The highest BCUT2D eigenvalue weighted by atomic mass is 19.2. The Labute approximate surface area is 132 Å². The number of carbonyl (C=O) groups excluding carboxylic acids is 1. The molecule has 0 saturated heterocycles. The van der Waals surface area contributed by atoms with Crippen molar-refractivity contribution in [3.63, 3.8) is 0 Å². The molecule has 0 saturated carbocycles. The molecule has 0 radical (unpaired) electrons. The van der Waals surface area contributed by atoms with Crippen LogP contribution in [-0.2, 0) is 4.79 Å². The van der Waals surface area contributed by atoms with Gasteiger partial charge in [-0.1, -0.05) is 5.16 Å². The first-order chi connectivity index (χ1) is 11.2. The smallest absolute Gasteiger partial charge is 0.262 e. The van der Waals surface area contributed by atoms with Crippen LogP contribution in [0.15, 0.2) is 10.6 Å². The SMILES string of the molecule is Cc1noc(C)c1C=CC(=O)NNc1c(F)c(F)c(F)c(F)c1F. The number of aromatic nitrogens is 1. The third-order valence-electron chi connectivity index (χ3n) is 3.01. The fraction of sp³-hybridized carbons (Fsp3) is 0.143. The van der Waals surface area contributed by atoms with Gasteiger partial charge in [0, 0.05) is 11.6 Å². The molecular weight excluding hydrogens is 337 g/mol. The number of carbonyl (C=O) groups is 1. The third kappa shape index (κ3) is 3.21. The molecular formula is C14H10F5N3O2. The van der Waals surface area contributed by atoms with Crippen molar-refractivity contribution < 1.29 is 31.3 Å². The Kier molecular flexibility index (Phi) is 4.86. The number of aryl methyl sites for hydroxylation is 2. The molecule has 0 bridgehead atoms. The van der Waals surface area contributed by atoms with Gasteiger partial charge in [0.05, 0.1) is 5.69 Å². The molecule has 128 valence electrons. The van der Waals surface area contributed by atoms with E-state index in [2.05, 4.69) is 5.16 Å². The maximum atomic E-state index is 13.4. The van der Waals surface area contributed by atoms with Crippen LogP contribution in [0.1, 0.15) is 17.0 Å². The molecule has 0 unspecified atom stereocenters. The molecule has 5 nitrogen and oxygen atoms in total. The van der Waals surface area contributed by atoms with Gasteiger partial charge in [0.15, 0.2) is 23.3 Å². The fourth-order valence-electron chi connectivity index (χ4n) is 1.77. The maximum Gasteiger partial charge on any atom is 0.262 e. The van der Waals surface area contributed by atoms with Gasteiger partial charge in [0.2, 0.25) is 5.82 Å². The summed E-state index contributed by atoms with van der Waals surface area (Å²) >= 11 is 0. The van der Waals surface area contributed by atoms with E-state index in [1.807, 2.05) is 0 Å². The number of anilines is 1. The summed E-state index contributed by atoms with van der Waals surface area (Å²) in [6.07, 6.45) is 2.28. The Balaban J connectivity index is 2.13. The molecule has 1 aromatic heterocycles. The van der Waals surface area contributed by atoms with Crippen molar-refractivity contribution in [1.29, 1.82) is 0 Å². The highest BCUT2D eigenvalue weighted by Crippen LogP contribution is 2.26. The van der Waals surface area contributed by atoms with E-state index in [4.69, 9.17) is 4.52 Å². The third-order valence-corrected chi connectivity index (χ3v) is 3.01. The number of rotatable bonds is 4. The summed E-state index contributed by atoms with van der Waals surface area (Å²) in [6.45, 7) is 3.23. The lowest BCUT2D eigenvalue weighted by atomic mass is 10.2. The first-order valence-corrected chi connectivity index (χ1v) is 6.42. The molecule has 1 heterocycles. The van der Waals surface area contributed by atoms with Crippen molar-refractivity contribution in [1.82, 2.24) is 10.6 Å². The molecule has 2 aromatic rings. The topological polar surface area (TPSA) is 67.2 Å². The normalized spacial score (nSPS) is 11.1. The average Bonchev–Trinajstić information content (AvgIpc) is 2.87. The Morgan fingerprint density at radius 2 is 1.54 bits per heavy atom. The Bertz CT molecular complexity index is 784. The second-order valence-corrected chi connectivity index (χ2v) is 4.63. The van der Waals surface area contributed by atoms with E-state index in [-0.39, 0.29) is 0 Å². The quantitative estimate of drug-likeness (QED) is 0.293. The molecule has 0 aliphatic rings. The summed E-state index contributed by atoms with van der Waals surface area (Å²) in [6, 6.07) is 0. The number of amides is 1. The number of nitrogens with one attached hydrogen (secondary N) is 2. The zero-order chi connectivity index (χ0) is 18.0. The highest BCUT2D eigenvalue weighted by Gasteiger charge is 2.25. The Morgan fingerprint density at radius 1 is 1.00 bits per heavy atom. The highest BCUT2D eigenvalue weighted by molar-refractivity contribution is 5.92. The predicted octanol–water partition coefficient (Wildman–Crippen LogP) is 3.14. The van der Waals surface area contributed by atoms with Crippen LogP contribution in [0.2, 0.25) is 0 Å². The van der Waals surface area contributed by atoms with E-state index in [0.29, 0.717) is 17.0 Å². The van der Waals surface area contributed by atoms with E-state index in [1.165, 1.54) is 6.08 Å². The molecule has 0 atom stereocenters. The minimum atomic E-state index is -2.29. The van der Waals surface area contributed by atoms with Crippen molar-refractivity contribution in [3.05, 3.63) is 52.2 Å². The summed E-state index contributed by atoms with van der Waals surface area (Å²) in [5.41, 5.74) is 3.11. The van der Waals surface area contributed by atoms with Crippen LogP contribution in [-0.4, -0.2) is 11.1 Å². The van der Waals surface area contributed by atoms with E-state index in [9.17, 15) is 26.7 Å². The summed E-state index contributed by atoms with van der Waals surface area (Å²) in [5.74, 6) is -11.2. The fourth-order valence-corrected chi connectivity index (χ4v) is 1.77. The van der Waals surface area contributed by atoms with Gasteiger partial charge in [-0.2, -0.15) is 0 Å². The second-order valence-electron chi connectivity index (χ2n) is 4.63. The van der Waals surface area contributed by atoms with Crippen molar-refractivity contribution in [2.24, 2.45) is 0 Å². The molecule has 1 aromatic carbocycles. The number of hydrogen-bond donors (Lipinski definition) is 2. The molecule has 0 aliphatic heterocycles. The van der Waals surface area contributed by atoms with Crippen LogP contribution >= 0.6 is 0 Å². The lowest BCUT2D eigenvalue weighted by molar-refractivity contribution is -0.116. The van der Waals surface area contributed by atoms with Gasteiger partial charge in [0.1, 0.15) is 11.4 Å². The minimum Gasteiger partial charge on any atom is -0.361 e. The molecule has 0 spiro atoms. The summed E-state index contributed by atoms with van der Waals surface area (Å²) < 4.78 is 70.5. The standard InChI is InChI=1S/C14H10F5N3O2/c1-5-7(6(2)24-22-5)3-4-8(23)20-21-14-12(18)10(16)9(15)11(17)13(14)19/h3-4,21H,1-2H3,(H,20,23). The van der Waals surface area contributed by atoms with Crippen LogP contribution in [0.25, 0.3) is 6.08 Å². The Hall–Kier alpha value is -2.91. The van der Waals surface area contributed by atoms with Crippen LogP contribution < -0.4 is 10.9 Å². The van der Waals surface area contributed by atoms with E-state index in [0.717, 1.165) is 6.08 Å². The number of hydrogen-bond acceptors (Lipinski definition) is 4. The van der Waals surface area contributed by atoms with Crippen LogP contribution in [0.3, 0.4) is 0 Å². The van der Waals surface area contributed by atoms with Gasteiger partial charge in [-0.3, -0.25) is 15.6 Å². The molecule has 2 N–H and O–H groups in total. The summed E-state index contributed by atoms with van der Waals surface area (Å²) in [7, 11) is 0. The van der Waals surface area contributed by atoms with E-state index < -0.39 is 40.7 Å². The minimum absolute atomic E-state index is 0.435. The van der Waals surface area contributed by atoms with Gasteiger partial charge in [-0.15, -0.1) is 0 Å². The lowest BCUT2D eigenvalue weighted by Gasteiger charge is -2.10. The molecule has 0 fully saturated rings. The van der Waals surface area contributed by atoms with Crippen LogP contribution in [0.4, 0.5) is 27.6 Å².